The van der Waals surface area contributed by atoms with E-state index in [2.05, 4.69) is 55.7 Å². The number of aromatic hydroxyl groups is 1. The molecule has 0 amide bonds. The van der Waals surface area contributed by atoms with Crippen molar-refractivity contribution in [3.8, 4) is 5.75 Å². The second kappa shape index (κ2) is 6.37. The maximum atomic E-state index is 9.66. The molecule has 92 valence electrons. The van der Waals surface area contributed by atoms with Crippen LogP contribution in [0.25, 0.3) is 0 Å². The standard InChI is InChI=1S/C13H10I2N2O/c14-11-6-9(7-12(15)13(11)18)8-16-17-10-4-2-1-3-5-10/h1-8,17-18H/b16-8-. The molecule has 0 saturated heterocycles. The Bertz CT molecular complexity index is 547. The molecule has 18 heavy (non-hydrogen) atoms. The number of anilines is 1. The average Bonchev–Trinajstić information content (AvgIpc) is 2.37. The molecule has 0 aromatic heterocycles. The van der Waals surface area contributed by atoms with Gasteiger partial charge in [-0.25, -0.2) is 0 Å². The average molecular weight is 464 g/mol. The van der Waals surface area contributed by atoms with Gasteiger partial charge in [-0.2, -0.15) is 5.10 Å². The van der Waals surface area contributed by atoms with Crippen LogP contribution in [-0.4, -0.2) is 11.3 Å². The summed E-state index contributed by atoms with van der Waals surface area (Å²) in [5.41, 5.74) is 4.84. The number of benzene rings is 2. The second-order valence-corrected chi connectivity index (χ2v) is 5.89. The van der Waals surface area contributed by atoms with Crippen LogP contribution in [0, 0.1) is 7.14 Å². The zero-order chi connectivity index (χ0) is 13.0. The molecule has 0 bridgehead atoms. The fraction of sp³-hybridized carbons (Fsp3) is 0. The topological polar surface area (TPSA) is 44.6 Å². The fourth-order valence-corrected chi connectivity index (χ4v) is 3.17. The van der Waals surface area contributed by atoms with Crippen molar-refractivity contribution in [2.75, 3.05) is 5.43 Å². The number of nitrogens with zero attached hydrogens (tertiary/aromatic N) is 1. The molecule has 0 atom stereocenters. The van der Waals surface area contributed by atoms with Gasteiger partial charge in [0.25, 0.3) is 0 Å². The Morgan fingerprint density at radius 1 is 1.06 bits per heavy atom. The van der Waals surface area contributed by atoms with Crippen molar-refractivity contribution in [1.29, 1.82) is 0 Å². The number of hydrazone groups is 1. The van der Waals surface area contributed by atoms with Gasteiger partial charge in [0.15, 0.2) is 0 Å². The van der Waals surface area contributed by atoms with Gasteiger partial charge in [0.2, 0.25) is 0 Å². The van der Waals surface area contributed by atoms with Gasteiger partial charge in [0.1, 0.15) is 5.75 Å². The molecule has 5 heteroatoms. The second-order valence-electron chi connectivity index (χ2n) is 3.57. The minimum atomic E-state index is 0.323. The molecule has 0 spiro atoms. The summed E-state index contributed by atoms with van der Waals surface area (Å²) in [5, 5.41) is 13.8. The third kappa shape index (κ3) is 3.58. The van der Waals surface area contributed by atoms with E-state index < -0.39 is 0 Å². The summed E-state index contributed by atoms with van der Waals surface area (Å²) < 4.78 is 1.64. The van der Waals surface area contributed by atoms with Gasteiger partial charge in [-0.05, 0) is 75.0 Å². The molecule has 2 aromatic rings. The molecule has 3 nitrogen and oxygen atoms in total. The monoisotopic (exact) mass is 464 g/mol. The lowest BCUT2D eigenvalue weighted by Crippen LogP contribution is -1.92. The van der Waals surface area contributed by atoms with E-state index in [1.165, 1.54) is 0 Å². The largest absolute Gasteiger partial charge is 0.506 e. The van der Waals surface area contributed by atoms with Gasteiger partial charge >= 0.3 is 0 Å². The van der Waals surface area contributed by atoms with Crippen LogP contribution in [0.4, 0.5) is 5.69 Å². The lowest BCUT2D eigenvalue weighted by atomic mass is 10.2. The maximum absolute atomic E-state index is 9.66. The van der Waals surface area contributed by atoms with E-state index in [0.717, 1.165) is 18.4 Å². The zero-order valence-electron chi connectivity index (χ0n) is 9.27. The van der Waals surface area contributed by atoms with Crippen LogP contribution in [0.2, 0.25) is 0 Å². The van der Waals surface area contributed by atoms with Gasteiger partial charge in [-0.15, -0.1) is 0 Å². The quantitative estimate of drug-likeness (QED) is 0.410. The third-order valence-electron chi connectivity index (χ3n) is 2.22. The van der Waals surface area contributed by atoms with E-state index in [0.29, 0.717) is 5.75 Å². The Labute approximate surface area is 133 Å². The van der Waals surface area contributed by atoms with E-state index in [1.807, 2.05) is 42.5 Å². The summed E-state index contributed by atoms with van der Waals surface area (Å²) in [6, 6.07) is 13.5. The highest BCUT2D eigenvalue weighted by Crippen LogP contribution is 2.26. The van der Waals surface area contributed by atoms with Gasteiger partial charge in [0, 0.05) is 0 Å². The van der Waals surface area contributed by atoms with Crippen LogP contribution in [0.1, 0.15) is 5.56 Å². The summed E-state index contributed by atoms with van der Waals surface area (Å²) in [5.74, 6) is 0.323. The molecule has 2 aromatic carbocycles. The molecule has 0 aliphatic rings. The predicted molar refractivity (Wildman–Crippen MR) is 91.2 cm³/mol. The summed E-state index contributed by atoms with van der Waals surface area (Å²) >= 11 is 4.20. The molecule has 0 saturated carbocycles. The summed E-state index contributed by atoms with van der Waals surface area (Å²) in [6.07, 6.45) is 1.73. The Morgan fingerprint density at radius 3 is 2.28 bits per heavy atom. The van der Waals surface area contributed by atoms with Crippen LogP contribution in [-0.2, 0) is 0 Å². The van der Waals surface area contributed by atoms with Gasteiger partial charge in [-0.1, -0.05) is 18.2 Å². The van der Waals surface area contributed by atoms with Crippen LogP contribution in [0.5, 0.6) is 5.75 Å². The Hall–Kier alpha value is -0.830. The van der Waals surface area contributed by atoms with Crippen LogP contribution >= 0.6 is 45.2 Å². The molecule has 2 rings (SSSR count). The Morgan fingerprint density at radius 2 is 1.67 bits per heavy atom. The van der Waals surface area contributed by atoms with Crippen molar-refractivity contribution in [2.45, 2.75) is 0 Å². The molecule has 0 radical (unpaired) electrons. The predicted octanol–water partition coefficient (Wildman–Crippen LogP) is 4.05. The summed E-state index contributed by atoms with van der Waals surface area (Å²) in [7, 11) is 0. The maximum Gasteiger partial charge on any atom is 0.142 e. The van der Waals surface area contributed by atoms with Crippen molar-refractivity contribution in [3.05, 3.63) is 55.2 Å². The minimum absolute atomic E-state index is 0.323. The SMILES string of the molecule is Oc1c(I)cc(/C=N\Nc2ccccc2)cc1I. The highest BCUT2D eigenvalue weighted by atomic mass is 127. The molecule has 0 aliphatic carbocycles. The Balaban J connectivity index is 2.10. The highest BCUT2D eigenvalue weighted by molar-refractivity contribution is 14.1. The van der Waals surface area contributed by atoms with E-state index in [1.54, 1.807) is 6.21 Å². The summed E-state index contributed by atoms with van der Waals surface area (Å²) in [4.78, 5) is 0. The third-order valence-corrected chi connectivity index (χ3v) is 3.86. The van der Waals surface area contributed by atoms with Crippen LogP contribution < -0.4 is 5.43 Å². The van der Waals surface area contributed by atoms with Crippen LogP contribution in [0.15, 0.2) is 47.6 Å². The first kappa shape index (κ1) is 13.6. The molecule has 0 unspecified atom stereocenters. The molecule has 0 aliphatic heterocycles. The number of nitrogens with one attached hydrogen (secondary N) is 1. The van der Waals surface area contributed by atoms with Crippen LogP contribution in [0.3, 0.4) is 0 Å². The smallest absolute Gasteiger partial charge is 0.142 e. The number of para-hydroxylation sites is 1. The van der Waals surface area contributed by atoms with E-state index in [9.17, 15) is 5.11 Å². The van der Waals surface area contributed by atoms with Crippen molar-refractivity contribution >= 4 is 57.1 Å². The normalized spacial score (nSPS) is 10.8. The first-order valence-electron chi connectivity index (χ1n) is 5.19. The number of hydrogen-bond acceptors (Lipinski definition) is 3. The van der Waals surface area contributed by atoms with Gasteiger partial charge in [0.05, 0.1) is 19.0 Å². The number of hydrogen-bond donors (Lipinski definition) is 2. The van der Waals surface area contributed by atoms with E-state index >= 15 is 0 Å². The minimum Gasteiger partial charge on any atom is -0.506 e. The molecular weight excluding hydrogens is 454 g/mol. The number of rotatable bonds is 3. The zero-order valence-corrected chi connectivity index (χ0v) is 13.6. The molecule has 0 fully saturated rings. The highest BCUT2D eigenvalue weighted by Gasteiger charge is 2.04. The van der Waals surface area contributed by atoms with Gasteiger partial charge < -0.3 is 5.11 Å². The molecule has 2 N–H and O–H groups in total. The van der Waals surface area contributed by atoms with E-state index in [4.69, 9.17) is 0 Å². The number of phenolic OH excluding ortho intramolecular Hbond substituents is 1. The first-order chi connectivity index (χ1) is 8.66. The molecular formula is C13H10I2N2O. The van der Waals surface area contributed by atoms with Gasteiger partial charge in [-0.3, -0.25) is 5.43 Å². The lowest BCUT2D eigenvalue weighted by molar-refractivity contribution is 0.467. The first-order valence-corrected chi connectivity index (χ1v) is 7.34. The Kier molecular flexibility index (Phi) is 4.81. The lowest BCUT2D eigenvalue weighted by Gasteiger charge is -2.02. The number of phenols is 1. The number of halogens is 2. The fourth-order valence-electron chi connectivity index (χ4n) is 1.35. The van der Waals surface area contributed by atoms with E-state index in [-0.39, 0.29) is 0 Å². The van der Waals surface area contributed by atoms with Crippen molar-refractivity contribution in [1.82, 2.24) is 0 Å². The summed E-state index contributed by atoms with van der Waals surface area (Å²) in [6.45, 7) is 0. The van der Waals surface area contributed by atoms with Crippen molar-refractivity contribution in [3.63, 3.8) is 0 Å². The molecule has 0 heterocycles. The van der Waals surface area contributed by atoms with Crippen molar-refractivity contribution < 1.29 is 5.11 Å². The van der Waals surface area contributed by atoms with Crippen molar-refractivity contribution in [2.24, 2.45) is 5.10 Å².